The molecule has 3 aromatic rings. The van der Waals surface area contributed by atoms with Crippen LogP contribution in [0.25, 0.3) is 11.0 Å². The fourth-order valence-electron chi connectivity index (χ4n) is 2.53. The second-order valence-electron chi connectivity index (χ2n) is 5.69. The highest BCUT2D eigenvalue weighted by molar-refractivity contribution is 5.81. The Labute approximate surface area is 145 Å². The van der Waals surface area contributed by atoms with Gasteiger partial charge < -0.3 is 14.6 Å². The zero-order valence-electron chi connectivity index (χ0n) is 14.1. The number of fused-ring (bicyclic) bond motifs is 1. The number of carbonyl (C=O) groups excluding carboxylic acids is 1. The maximum Gasteiger partial charge on any atom is 0.261 e. The number of hydrogen-bond donors (Lipinski definition) is 1. The molecular formula is C19H18N4O2. The van der Waals surface area contributed by atoms with E-state index in [1.165, 1.54) is 0 Å². The lowest BCUT2D eigenvalue weighted by Gasteiger charge is -2.14. The molecule has 6 nitrogen and oxygen atoms in total. The first-order chi connectivity index (χ1) is 12.1. The average Bonchev–Trinajstić information content (AvgIpc) is 2.96. The second-order valence-corrected chi connectivity index (χ2v) is 5.69. The van der Waals surface area contributed by atoms with Crippen LogP contribution in [0.2, 0.25) is 0 Å². The Hall–Kier alpha value is -3.33. The number of carbonyl (C=O) groups is 1. The van der Waals surface area contributed by atoms with E-state index in [0.29, 0.717) is 17.9 Å². The minimum Gasteiger partial charge on any atom is -0.481 e. The first-order valence-corrected chi connectivity index (χ1v) is 7.93. The van der Waals surface area contributed by atoms with Crippen LogP contribution in [0.1, 0.15) is 18.3 Å². The van der Waals surface area contributed by atoms with Crippen molar-refractivity contribution in [2.24, 2.45) is 7.05 Å². The summed E-state index contributed by atoms with van der Waals surface area (Å²) in [6, 6.07) is 16.5. The molecule has 2 aromatic carbocycles. The van der Waals surface area contributed by atoms with Crippen molar-refractivity contribution in [2.45, 2.75) is 19.6 Å². The average molecular weight is 334 g/mol. The van der Waals surface area contributed by atoms with Crippen molar-refractivity contribution in [3.05, 3.63) is 59.9 Å². The Morgan fingerprint density at radius 3 is 2.68 bits per heavy atom. The van der Waals surface area contributed by atoms with Crippen LogP contribution in [0.15, 0.2) is 48.5 Å². The van der Waals surface area contributed by atoms with E-state index >= 15 is 0 Å². The first kappa shape index (κ1) is 16.5. The molecule has 0 spiro atoms. The highest BCUT2D eigenvalue weighted by Gasteiger charge is 2.16. The zero-order chi connectivity index (χ0) is 17.8. The SMILES string of the molecule is CC(Oc1ccc(C#N)cc1)C(=O)NCc1nc2ccccc2n1C. The number of aryl methyl sites for hydroxylation is 1. The molecular weight excluding hydrogens is 316 g/mol. The topological polar surface area (TPSA) is 79.9 Å². The van der Waals surface area contributed by atoms with Gasteiger partial charge in [0.05, 0.1) is 29.2 Å². The summed E-state index contributed by atoms with van der Waals surface area (Å²) in [5.74, 6) is 1.10. The Kier molecular flexibility index (Phi) is 4.66. The predicted octanol–water partition coefficient (Wildman–Crippen LogP) is 2.53. The summed E-state index contributed by atoms with van der Waals surface area (Å²) in [6.07, 6.45) is -0.650. The van der Waals surface area contributed by atoms with E-state index in [1.807, 2.05) is 41.9 Å². The molecule has 0 aliphatic rings. The quantitative estimate of drug-likeness (QED) is 0.777. The molecule has 0 aliphatic carbocycles. The fraction of sp³-hybridized carbons (Fsp3) is 0.211. The third kappa shape index (κ3) is 3.61. The number of hydrogen-bond acceptors (Lipinski definition) is 4. The number of benzene rings is 2. The van der Waals surface area contributed by atoms with Crippen LogP contribution in [-0.4, -0.2) is 21.6 Å². The van der Waals surface area contributed by atoms with E-state index in [0.717, 1.165) is 16.9 Å². The number of nitriles is 1. The predicted molar refractivity (Wildman–Crippen MR) is 93.8 cm³/mol. The number of nitrogens with zero attached hydrogens (tertiary/aromatic N) is 3. The summed E-state index contributed by atoms with van der Waals surface area (Å²) in [7, 11) is 1.92. The summed E-state index contributed by atoms with van der Waals surface area (Å²) in [6.45, 7) is 2.01. The first-order valence-electron chi connectivity index (χ1n) is 7.93. The molecule has 0 fully saturated rings. The van der Waals surface area contributed by atoms with Crippen molar-refractivity contribution in [3.63, 3.8) is 0 Å². The molecule has 0 radical (unpaired) electrons. The molecule has 1 heterocycles. The number of ether oxygens (including phenoxy) is 1. The van der Waals surface area contributed by atoms with E-state index < -0.39 is 6.10 Å². The van der Waals surface area contributed by atoms with Gasteiger partial charge in [-0.1, -0.05) is 12.1 Å². The Bertz CT molecular complexity index is 938. The van der Waals surface area contributed by atoms with Gasteiger partial charge in [0.2, 0.25) is 0 Å². The molecule has 1 atom stereocenters. The maximum absolute atomic E-state index is 12.2. The summed E-state index contributed by atoms with van der Waals surface area (Å²) in [5.41, 5.74) is 2.47. The van der Waals surface area contributed by atoms with Crippen molar-refractivity contribution >= 4 is 16.9 Å². The number of imidazole rings is 1. The van der Waals surface area contributed by atoms with E-state index in [9.17, 15) is 4.79 Å². The van der Waals surface area contributed by atoms with Gasteiger partial charge in [0.25, 0.3) is 5.91 Å². The molecule has 6 heteroatoms. The maximum atomic E-state index is 12.2. The van der Waals surface area contributed by atoms with Gasteiger partial charge in [-0.3, -0.25) is 4.79 Å². The lowest BCUT2D eigenvalue weighted by Crippen LogP contribution is -2.36. The molecule has 1 N–H and O–H groups in total. The minimum absolute atomic E-state index is 0.226. The van der Waals surface area contributed by atoms with Gasteiger partial charge in [-0.05, 0) is 43.3 Å². The second kappa shape index (κ2) is 7.05. The fourth-order valence-corrected chi connectivity index (χ4v) is 2.53. The van der Waals surface area contributed by atoms with Crippen LogP contribution < -0.4 is 10.1 Å². The van der Waals surface area contributed by atoms with Gasteiger partial charge in [0, 0.05) is 7.05 Å². The monoisotopic (exact) mass is 334 g/mol. The Morgan fingerprint density at radius 2 is 2.00 bits per heavy atom. The molecule has 1 aromatic heterocycles. The molecule has 0 aliphatic heterocycles. The summed E-state index contributed by atoms with van der Waals surface area (Å²) in [5, 5.41) is 11.6. The molecule has 25 heavy (non-hydrogen) atoms. The normalized spacial score (nSPS) is 11.7. The van der Waals surface area contributed by atoms with Gasteiger partial charge in [-0.25, -0.2) is 4.98 Å². The third-order valence-electron chi connectivity index (χ3n) is 3.97. The smallest absolute Gasteiger partial charge is 0.261 e. The van der Waals surface area contributed by atoms with E-state index in [4.69, 9.17) is 10.00 Å². The van der Waals surface area contributed by atoms with Crippen molar-refractivity contribution in [2.75, 3.05) is 0 Å². The van der Waals surface area contributed by atoms with E-state index in [-0.39, 0.29) is 5.91 Å². The number of nitrogens with one attached hydrogen (secondary N) is 1. The van der Waals surface area contributed by atoms with Gasteiger partial charge in [0.1, 0.15) is 11.6 Å². The number of amides is 1. The lowest BCUT2D eigenvalue weighted by atomic mass is 10.2. The van der Waals surface area contributed by atoms with Gasteiger partial charge >= 0.3 is 0 Å². The van der Waals surface area contributed by atoms with Gasteiger partial charge in [0.15, 0.2) is 6.10 Å². The van der Waals surface area contributed by atoms with Crippen LogP contribution in [0, 0.1) is 11.3 Å². The van der Waals surface area contributed by atoms with Crippen LogP contribution in [0.4, 0.5) is 0 Å². The summed E-state index contributed by atoms with van der Waals surface area (Å²) >= 11 is 0. The Morgan fingerprint density at radius 1 is 1.28 bits per heavy atom. The molecule has 3 rings (SSSR count). The van der Waals surface area contributed by atoms with Gasteiger partial charge in [-0.15, -0.1) is 0 Å². The third-order valence-corrected chi connectivity index (χ3v) is 3.97. The van der Waals surface area contributed by atoms with Crippen molar-refractivity contribution in [1.29, 1.82) is 5.26 Å². The van der Waals surface area contributed by atoms with Crippen LogP contribution >= 0.6 is 0 Å². The van der Waals surface area contributed by atoms with Crippen LogP contribution in [0.5, 0.6) is 5.75 Å². The number of para-hydroxylation sites is 2. The number of aromatic nitrogens is 2. The summed E-state index contributed by atoms with van der Waals surface area (Å²) in [4.78, 5) is 16.8. The van der Waals surface area contributed by atoms with Crippen molar-refractivity contribution < 1.29 is 9.53 Å². The van der Waals surface area contributed by atoms with Crippen LogP contribution in [0.3, 0.4) is 0 Å². The summed E-state index contributed by atoms with van der Waals surface area (Å²) < 4.78 is 7.56. The number of rotatable bonds is 5. The van der Waals surface area contributed by atoms with E-state index in [1.54, 1.807) is 31.2 Å². The highest BCUT2D eigenvalue weighted by atomic mass is 16.5. The minimum atomic E-state index is -0.650. The molecule has 0 bridgehead atoms. The van der Waals surface area contributed by atoms with Gasteiger partial charge in [-0.2, -0.15) is 5.26 Å². The van der Waals surface area contributed by atoms with Crippen LogP contribution in [-0.2, 0) is 18.4 Å². The molecule has 1 unspecified atom stereocenters. The Balaban J connectivity index is 1.61. The van der Waals surface area contributed by atoms with Crippen molar-refractivity contribution in [1.82, 2.24) is 14.9 Å². The lowest BCUT2D eigenvalue weighted by molar-refractivity contribution is -0.127. The zero-order valence-corrected chi connectivity index (χ0v) is 14.1. The largest absolute Gasteiger partial charge is 0.481 e. The molecule has 0 saturated heterocycles. The molecule has 126 valence electrons. The standard InChI is InChI=1S/C19H18N4O2/c1-13(25-15-9-7-14(11-20)8-10-15)19(24)21-12-18-22-16-5-3-4-6-17(16)23(18)2/h3-10,13H,12H2,1-2H3,(H,21,24). The molecule has 1 amide bonds. The molecule has 0 saturated carbocycles. The highest BCUT2D eigenvalue weighted by Crippen LogP contribution is 2.15. The van der Waals surface area contributed by atoms with E-state index in [2.05, 4.69) is 10.3 Å². The van der Waals surface area contributed by atoms with Crippen molar-refractivity contribution in [3.8, 4) is 11.8 Å².